The third-order valence-electron chi connectivity index (χ3n) is 3.76. The van der Waals surface area contributed by atoms with E-state index in [2.05, 4.69) is 34.4 Å². The highest BCUT2D eigenvalue weighted by atomic mass is 15.2. The van der Waals surface area contributed by atoms with E-state index in [-0.39, 0.29) is 0 Å². The van der Waals surface area contributed by atoms with E-state index in [9.17, 15) is 0 Å². The summed E-state index contributed by atoms with van der Waals surface area (Å²) in [5.41, 5.74) is 0. The molecule has 0 aromatic carbocycles. The van der Waals surface area contributed by atoms with Gasteiger partial charge in [0.2, 0.25) is 0 Å². The molecule has 0 spiro atoms. The minimum atomic E-state index is 0.638. The van der Waals surface area contributed by atoms with Gasteiger partial charge in [-0.1, -0.05) is 26.7 Å². The Kier molecular flexibility index (Phi) is 7.81. The average molecular weight is 254 g/mol. The molecule has 106 valence electrons. The van der Waals surface area contributed by atoms with Gasteiger partial charge < -0.3 is 15.5 Å². The van der Waals surface area contributed by atoms with Gasteiger partial charge in [-0.15, -0.1) is 0 Å². The molecule has 1 rings (SSSR count). The fraction of sp³-hybridized carbons (Fsp3) is 0.929. The third kappa shape index (κ3) is 5.71. The van der Waals surface area contributed by atoms with Gasteiger partial charge in [0, 0.05) is 19.6 Å². The first-order valence-electron chi connectivity index (χ1n) is 7.49. The lowest BCUT2D eigenvalue weighted by Crippen LogP contribution is -2.43. The Bertz CT molecular complexity index is 230. The molecule has 2 N–H and O–H groups in total. The summed E-state index contributed by atoms with van der Waals surface area (Å²) in [4.78, 5) is 6.74. The largest absolute Gasteiger partial charge is 0.356 e. The highest BCUT2D eigenvalue weighted by Gasteiger charge is 2.15. The fourth-order valence-corrected chi connectivity index (χ4v) is 2.51. The first-order valence-corrected chi connectivity index (χ1v) is 7.49. The molecule has 0 aliphatic heterocycles. The maximum atomic E-state index is 4.29. The van der Waals surface area contributed by atoms with Crippen molar-refractivity contribution in [3.63, 3.8) is 0 Å². The van der Waals surface area contributed by atoms with Crippen molar-refractivity contribution in [2.24, 2.45) is 4.99 Å². The number of rotatable bonds is 7. The van der Waals surface area contributed by atoms with Crippen LogP contribution in [0.1, 0.15) is 46.0 Å². The third-order valence-corrected chi connectivity index (χ3v) is 3.76. The molecule has 0 aromatic heterocycles. The lowest BCUT2D eigenvalue weighted by atomic mass is 10.2. The topological polar surface area (TPSA) is 39.7 Å². The van der Waals surface area contributed by atoms with E-state index in [0.29, 0.717) is 6.04 Å². The van der Waals surface area contributed by atoms with E-state index >= 15 is 0 Å². The summed E-state index contributed by atoms with van der Waals surface area (Å²) in [7, 11) is 1.86. The predicted octanol–water partition coefficient (Wildman–Crippen LogP) is 1.83. The van der Waals surface area contributed by atoms with Crippen LogP contribution in [-0.4, -0.2) is 50.1 Å². The minimum Gasteiger partial charge on any atom is -0.356 e. The molecule has 1 saturated carbocycles. The second-order valence-electron chi connectivity index (χ2n) is 5.01. The zero-order valence-electron chi connectivity index (χ0n) is 12.3. The molecule has 0 saturated heterocycles. The Balaban J connectivity index is 2.11. The Hall–Kier alpha value is -0.770. The summed E-state index contributed by atoms with van der Waals surface area (Å²) >= 11 is 0. The monoisotopic (exact) mass is 254 g/mol. The number of nitrogens with one attached hydrogen (secondary N) is 2. The summed E-state index contributed by atoms with van der Waals surface area (Å²) in [6, 6.07) is 0.638. The molecule has 1 aliphatic rings. The predicted molar refractivity (Wildman–Crippen MR) is 79.2 cm³/mol. The highest BCUT2D eigenvalue weighted by molar-refractivity contribution is 5.79. The Morgan fingerprint density at radius 2 is 1.89 bits per heavy atom. The summed E-state index contributed by atoms with van der Waals surface area (Å²) in [6.45, 7) is 8.90. The second-order valence-corrected chi connectivity index (χ2v) is 5.01. The van der Waals surface area contributed by atoms with Crippen molar-refractivity contribution in [1.82, 2.24) is 15.5 Å². The first kappa shape index (κ1) is 15.3. The van der Waals surface area contributed by atoms with Crippen LogP contribution in [0.5, 0.6) is 0 Å². The van der Waals surface area contributed by atoms with Crippen molar-refractivity contribution in [2.45, 2.75) is 52.0 Å². The van der Waals surface area contributed by atoms with Crippen LogP contribution in [0.4, 0.5) is 0 Å². The van der Waals surface area contributed by atoms with E-state index in [0.717, 1.165) is 25.6 Å². The van der Waals surface area contributed by atoms with Gasteiger partial charge in [-0.2, -0.15) is 0 Å². The van der Waals surface area contributed by atoms with Gasteiger partial charge in [0.25, 0.3) is 0 Å². The molecule has 4 heteroatoms. The van der Waals surface area contributed by atoms with Gasteiger partial charge in [-0.25, -0.2) is 0 Å². The molecule has 4 nitrogen and oxygen atoms in total. The molecule has 0 heterocycles. The highest BCUT2D eigenvalue weighted by Crippen LogP contribution is 2.17. The minimum absolute atomic E-state index is 0.638. The van der Waals surface area contributed by atoms with E-state index in [1.807, 2.05) is 7.05 Å². The number of hydrogen-bond donors (Lipinski definition) is 2. The summed E-state index contributed by atoms with van der Waals surface area (Å²) in [5.74, 6) is 0.974. The van der Waals surface area contributed by atoms with Crippen molar-refractivity contribution in [1.29, 1.82) is 0 Å². The van der Waals surface area contributed by atoms with E-state index in [1.54, 1.807) is 0 Å². The van der Waals surface area contributed by atoms with E-state index in [4.69, 9.17) is 0 Å². The maximum absolute atomic E-state index is 4.29. The number of guanidine groups is 1. The lowest BCUT2D eigenvalue weighted by molar-refractivity contribution is 0.300. The molecule has 0 bridgehead atoms. The van der Waals surface area contributed by atoms with Gasteiger partial charge in [0.05, 0.1) is 0 Å². The van der Waals surface area contributed by atoms with E-state index in [1.165, 1.54) is 38.6 Å². The Morgan fingerprint density at radius 1 is 1.22 bits per heavy atom. The van der Waals surface area contributed by atoms with Crippen LogP contribution < -0.4 is 10.6 Å². The van der Waals surface area contributed by atoms with Crippen LogP contribution in [0.25, 0.3) is 0 Å². The molecule has 1 aliphatic carbocycles. The van der Waals surface area contributed by atoms with Crippen molar-refractivity contribution in [2.75, 3.05) is 33.2 Å². The van der Waals surface area contributed by atoms with Gasteiger partial charge in [0.15, 0.2) is 5.96 Å². The molecule has 0 atom stereocenters. The SMILES string of the molecule is CCN(CC)CCCNC(=NC)NC1CCCC1. The van der Waals surface area contributed by atoms with Gasteiger partial charge in [-0.05, 0) is 38.9 Å². The molecule has 0 radical (unpaired) electrons. The van der Waals surface area contributed by atoms with Crippen molar-refractivity contribution in [3.8, 4) is 0 Å². The van der Waals surface area contributed by atoms with Crippen LogP contribution in [0.15, 0.2) is 4.99 Å². The fourth-order valence-electron chi connectivity index (χ4n) is 2.51. The molecule has 1 fully saturated rings. The Morgan fingerprint density at radius 3 is 2.44 bits per heavy atom. The van der Waals surface area contributed by atoms with Crippen LogP contribution in [0.2, 0.25) is 0 Å². The van der Waals surface area contributed by atoms with Crippen LogP contribution in [-0.2, 0) is 0 Å². The van der Waals surface area contributed by atoms with Crippen molar-refractivity contribution >= 4 is 5.96 Å². The van der Waals surface area contributed by atoms with Crippen LogP contribution >= 0.6 is 0 Å². The first-order chi connectivity index (χ1) is 8.80. The summed E-state index contributed by atoms with van der Waals surface area (Å²) in [5, 5.41) is 6.92. The van der Waals surface area contributed by atoms with Crippen LogP contribution in [0.3, 0.4) is 0 Å². The van der Waals surface area contributed by atoms with Gasteiger partial charge in [-0.3, -0.25) is 4.99 Å². The summed E-state index contributed by atoms with van der Waals surface area (Å²) in [6.07, 6.45) is 6.47. The van der Waals surface area contributed by atoms with E-state index < -0.39 is 0 Å². The van der Waals surface area contributed by atoms with Crippen molar-refractivity contribution in [3.05, 3.63) is 0 Å². The van der Waals surface area contributed by atoms with Crippen molar-refractivity contribution < 1.29 is 0 Å². The quantitative estimate of drug-likeness (QED) is 0.414. The van der Waals surface area contributed by atoms with Gasteiger partial charge >= 0.3 is 0 Å². The normalized spacial score (nSPS) is 17.4. The molecular weight excluding hydrogens is 224 g/mol. The smallest absolute Gasteiger partial charge is 0.191 e. The maximum Gasteiger partial charge on any atom is 0.191 e. The number of nitrogens with zero attached hydrogens (tertiary/aromatic N) is 2. The number of aliphatic imine (C=N–C) groups is 1. The number of hydrogen-bond acceptors (Lipinski definition) is 2. The van der Waals surface area contributed by atoms with Crippen LogP contribution in [0, 0.1) is 0 Å². The molecule has 0 amide bonds. The molecule has 0 unspecified atom stereocenters. The average Bonchev–Trinajstić information content (AvgIpc) is 2.90. The zero-order chi connectivity index (χ0) is 13.2. The Labute approximate surface area is 112 Å². The standard InChI is InChI=1S/C14H30N4/c1-4-18(5-2)12-8-11-16-14(15-3)17-13-9-6-7-10-13/h13H,4-12H2,1-3H3,(H2,15,16,17). The lowest BCUT2D eigenvalue weighted by Gasteiger charge is -2.19. The molecule has 0 aromatic rings. The molecule has 18 heavy (non-hydrogen) atoms. The molecular formula is C14H30N4. The second kappa shape index (κ2) is 9.20. The summed E-state index contributed by atoms with van der Waals surface area (Å²) < 4.78 is 0. The zero-order valence-corrected chi connectivity index (χ0v) is 12.3. The van der Waals surface area contributed by atoms with Gasteiger partial charge in [0.1, 0.15) is 0 Å².